The molecule has 20 heavy (non-hydrogen) atoms. The molecule has 0 fully saturated rings. The Balaban J connectivity index is 1.97. The highest BCUT2D eigenvalue weighted by Gasteiger charge is 2.21. The Morgan fingerprint density at radius 2 is 2.25 bits per heavy atom. The van der Waals surface area contributed by atoms with E-state index in [0.717, 1.165) is 32.5 Å². The molecule has 0 spiro atoms. The van der Waals surface area contributed by atoms with Gasteiger partial charge in [0.05, 0.1) is 12.1 Å². The normalized spacial score (nSPS) is 19.2. The van der Waals surface area contributed by atoms with Gasteiger partial charge in [0.15, 0.2) is 0 Å². The van der Waals surface area contributed by atoms with Gasteiger partial charge in [-0.2, -0.15) is 5.26 Å². The highest BCUT2D eigenvalue weighted by Crippen LogP contribution is 2.29. The Kier molecular flexibility index (Phi) is 5.43. The van der Waals surface area contributed by atoms with Crippen LogP contribution in [0.15, 0.2) is 24.3 Å². The van der Waals surface area contributed by atoms with Crippen molar-refractivity contribution < 1.29 is 0 Å². The van der Waals surface area contributed by atoms with Crippen molar-refractivity contribution in [3.63, 3.8) is 0 Å². The Bertz CT molecular complexity index is 464. The number of fused-ring (bicyclic) bond motifs is 1. The van der Waals surface area contributed by atoms with Crippen LogP contribution in [-0.4, -0.2) is 25.7 Å². The van der Waals surface area contributed by atoms with Crippen molar-refractivity contribution >= 4 is 5.69 Å². The number of nitriles is 1. The SMILES string of the molecule is CCCNC(C#N)CCN1CC(C)Cc2ccccc21. The lowest BCUT2D eigenvalue weighted by molar-refractivity contribution is 0.502. The molecule has 0 saturated carbocycles. The van der Waals surface area contributed by atoms with Gasteiger partial charge in [-0.15, -0.1) is 0 Å². The summed E-state index contributed by atoms with van der Waals surface area (Å²) in [6.07, 6.45) is 3.13. The number of rotatable bonds is 6. The van der Waals surface area contributed by atoms with Gasteiger partial charge >= 0.3 is 0 Å². The van der Waals surface area contributed by atoms with Crippen LogP contribution in [-0.2, 0) is 6.42 Å². The molecule has 0 saturated heterocycles. The number of benzene rings is 1. The van der Waals surface area contributed by atoms with Gasteiger partial charge < -0.3 is 10.2 Å². The lowest BCUT2D eigenvalue weighted by Crippen LogP contribution is -2.38. The zero-order valence-corrected chi connectivity index (χ0v) is 12.6. The summed E-state index contributed by atoms with van der Waals surface area (Å²) >= 11 is 0. The van der Waals surface area contributed by atoms with E-state index in [1.165, 1.54) is 17.7 Å². The van der Waals surface area contributed by atoms with Crippen molar-refractivity contribution in [1.82, 2.24) is 5.32 Å². The van der Waals surface area contributed by atoms with Crippen molar-refractivity contribution in [2.24, 2.45) is 5.92 Å². The summed E-state index contributed by atoms with van der Waals surface area (Å²) in [6, 6.07) is 11.0. The van der Waals surface area contributed by atoms with E-state index in [2.05, 4.69) is 54.4 Å². The molecule has 0 aromatic heterocycles. The van der Waals surface area contributed by atoms with Crippen LogP contribution >= 0.6 is 0 Å². The summed E-state index contributed by atoms with van der Waals surface area (Å²) in [5.41, 5.74) is 2.80. The highest BCUT2D eigenvalue weighted by molar-refractivity contribution is 5.55. The molecular weight excluding hydrogens is 246 g/mol. The number of hydrogen-bond acceptors (Lipinski definition) is 3. The minimum absolute atomic E-state index is 0.0284. The number of hydrogen-bond donors (Lipinski definition) is 1. The first-order valence-electron chi connectivity index (χ1n) is 7.70. The van der Waals surface area contributed by atoms with Gasteiger partial charge in [0.1, 0.15) is 0 Å². The molecule has 3 heteroatoms. The van der Waals surface area contributed by atoms with E-state index in [1.807, 2.05) is 0 Å². The van der Waals surface area contributed by atoms with Gasteiger partial charge in [-0.25, -0.2) is 0 Å². The van der Waals surface area contributed by atoms with Crippen LogP contribution < -0.4 is 10.2 Å². The summed E-state index contributed by atoms with van der Waals surface area (Å²) < 4.78 is 0. The third-order valence-corrected chi connectivity index (χ3v) is 3.92. The third-order valence-electron chi connectivity index (χ3n) is 3.92. The average molecular weight is 271 g/mol. The molecule has 0 aliphatic carbocycles. The van der Waals surface area contributed by atoms with Gasteiger partial charge in [-0.05, 0) is 43.4 Å². The van der Waals surface area contributed by atoms with E-state index in [1.54, 1.807) is 0 Å². The van der Waals surface area contributed by atoms with Crippen LogP contribution in [0.2, 0.25) is 0 Å². The van der Waals surface area contributed by atoms with Gasteiger partial charge in [0, 0.05) is 18.8 Å². The van der Waals surface area contributed by atoms with Gasteiger partial charge in [0.2, 0.25) is 0 Å². The van der Waals surface area contributed by atoms with Crippen molar-refractivity contribution in [1.29, 1.82) is 5.26 Å². The zero-order valence-electron chi connectivity index (χ0n) is 12.6. The number of nitrogens with zero attached hydrogens (tertiary/aromatic N) is 2. The molecule has 1 aliphatic rings. The first kappa shape index (κ1) is 14.9. The standard InChI is InChI=1S/C17H25N3/c1-3-9-19-16(12-18)8-10-20-13-14(2)11-15-6-4-5-7-17(15)20/h4-7,14,16,19H,3,8-11,13H2,1-2H3. The molecule has 0 bridgehead atoms. The predicted octanol–water partition coefficient (Wildman–Crippen LogP) is 2.97. The quantitative estimate of drug-likeness (QED) is 0.864. The summed E-state index contributed by atoms with van der Waals surface area (Å²) in [5, 5.41) is 12.5. The lowest BCUT2D eigenvalue weighted by atomic mass is 9.93. The van der Waals surface area contributed by atoms with E-state index in [0.29, 0.717) is 5.92 Å². The van der Waals surface area contributed by atoms with Crippen LogP contribution in [0.3, 0.4) is 0 Å². The number of para-hydroxylation sites is 1. The van der Waals surface area contributed by atoms with Crippen LogP contribution in [0.25, 0.3) is 0 Å². The maximum atomic E-state index is 9.20. The monoisotopic (exact) mass is 271 g/mol. The molecule has 0 amide bonds. The molecule has 2 unspecified atom stereocenters. The molecular formula is C17H25N3. The van der Waals surface area contributed by atoms with E-state index in [4.69, 9.17) is 0 Å². The Morgan fingerprint density at radius 3 is 3.00 bits per heavy atom. The molecule has 0 radical (unpaired) electrons. The van der Waals surface area contributed by atoms with Gasteiger partial charge in [0.25, 0.3) is 0 Å². The largest absolute Gasteiger partial charge is 0.371 e. The molecule has 1 aliphatic heterocycles. The molecule has 2 rings (SSSR count). The average Bonchev–Trinajstić information content (AvgIpc) is 2.47. The maximum Gasteiger partial charge on any atom is 0.0969 e. The van der Waals surface area contributed by atoms with Crippen molar-refractivity contribution in [3.8, 4) is 6.07 Å². The fraction of sp³-hybridized carbons (Fsp3) is 0.588. The van der Waals surface area contributed by atoms with E-state index in [9.17, 15) is 5.26 Å². The lowest BCUT2D eigenvalue weighted by Gasteiger charge is -2.35. The topological polar surface area (TPSA) is 39.1 Å². The first-order chi connectivity index (χ1) is 9.74. The summed E-state index contributed by atoms with van der Waals surface area (Å²) in [7, 11) is 0. The fourth-order valence-corrected chi connectivity index (χ4v) is 2.93. The fourth-order valence-electron chi connectivity index (χ4n) is 2.93. The second-order valence-corrected chi connectivity index (χ2v) is 5.81. The van der Waals surface area contributed by atoms with Crippen molar-refractivity contribution in [2.75, 3.05) is 24.5 Å². The Labute approximate surface area is 122 Å². The minimum atomic E-state index is -0.0284. The zero-order chi connectivity index (χ0) is 14.4. The molecule has 2 atom stereocenters. The molecule has 1 aromatic carbocycles. The maximum absolute atomic E-state index is 9.20. The predicted molar refractivity (Wildman–Crippen MR) is 83.8 cm³/mol. The number of anilines is 1. The summed E-state index contributed by atoms with van der Waals surface area (Å²) in [4.78, 5) is 2.45. The third kappa shape index (κ3) is 3.74. The summed E-state index contributed by atoms with van der Waals surface area (Å²) in [5.74, 6) is 0.689. The minimum Gasteiger partial charge on any atom is -0.371 e. The summed E-state index contributed by atoms with van der Waals surface area (Å²) in [6.45, 7) is 7.41. The van der Waals surface area contributed by atoms with Crippen molar-refractivity contribution in [3.05, 3.63) is 29.8 Å². The second-order valence-electron chi connectivity index (χ2n) is 5.81. The molecule has 1 aromatic rings. The number of nitrogens with one attached hydrogen (secondary N) is 1. The van der Waals surface area contributed by atoms with Gasteiger partial charge in [-0.3, -0.25) is 0 Å². The highest BCUT2D eigenvalue weighted by atomic mass is 15.1. The smallest absolute Gasteiger partial charge is 0.0969 e. The molecule has 3 nitrogen and oxygen atoms in total. The van der Waals surface area contributed by atoms with E-state index >= 15 is 0 Å². The van der Waals surface area contributed by atoms with Crippen molar-refractivity contribution in [2.45, 2.75) is 39.2 Å². The van der Waals surface area contributed by atoms with Crippen LogP contribution in [0, 0.1) is 17.2 Å². The Morgan fingerprint density at radius 1 is 1.45 bits per heavy atom. The Hall–Kier alpha value is -1.53. The van der Waals surface area contributed by atoms with Crippen LogP contribution in [0.4, 0.5) is 5.69 Å². The first-order valence-corrected chi connectivity index (χ1v) is 7.70. The molecule has 108 valence electrons. The molecule has 1 N–H and O–H groups in total. The molecule has 1 heterocycles. The van der Waals surface area contributed by atoms with Crippen LogP contribution in [0.1, 0.15) is 32.3 Å². The second kappa shape index (κ2) is 7.31. The van der Waals surface area contributed by atoms with E-state index < -0.39 is 0 Å². The van der Waals surface area contributed by atoms with E-state index in [-0.39, 0.29) is 6.04 Å². The van der Waals surface area contributed by atoms with Crippen LogP contribution in [0.5, 0.6) is 0 Å². The van der Waals surface area contributed by atoms with Gasteiger partial charge in [-0.1, -0.05) is 32.0 Å².